The molecule has 0 aliphatic rings. The summed E-state index contributed by atoms with van der Waals surface area (Å²) >= 11 is 7.22. The Labute approximate surface area is 155 Å². The second kappa shape index (κ2) is 7.97. The predicted octanol–water partition coefficient (Wildman–Crippen LogP) is 2.82. The number of carbonyl (C=O) groups excluding carboxylic acids is 1. The Balaban J connectivity index is 2.02. The molecule has 0 saturated heterocycles. The normalized spacial score (nSPS) is 13.7. The molecule has 2 atom stereocenters. The number of rotatable bonds is 6. The molecule has 2 rings (SSSR count). The van der Waals surface area contributed by atoms with E-state index in [4.69, 9.17) is 16.9 Å². The number of nitriles is 1. The molecule has 0 unspecified atom stereocenters. The third kappa shape index (κ3) is 5.03. The molecule has 6 nitrogen and oxygen atoms in total. The predicted molar refractivity (Wildman–Crippen MR) is 96.8 cm³/mol. The Morgan fingerprint density at radius 3 is 2.36 bits per heavy atom. The van der Waals surface area contributed by atoms with E-state index in [0.29, 0.717) is 9.90 Å². The number of halogens is 1. The van der Waals surface area contributed by atoms with Gasteiger partial charge in [-0.15, -0.1) is 11.3 Å². The lowest BCUT2D eigenvalue weighted by Gasteiger charge is -2.18. The molecule has 1 heterocycles. The minimum atomic E-state index is -3.86. The van der Waals surface area contributed by atoms with E-state index in [2.05, 4.69) is 10.0 Å². The van der Waals surface area contributed by atoms with Crippen LogP contribution in [0, 0.1) is 11.3 Å². The third-order valence-electron chi connectivity index (χ3n) is 3.40. The molecule has 25 heavy (non-hydrogen) atoms. The molecule has 0 aliphatic carbocycles. The molecule has 1 aromatic heterocycles. The van der Waals surface area contributed by atoms with Crippen molar-refractivity contribution < 1.29 is 13.2 Å². The molecule has 1 aromatic carbocycles. The van der Waals surface area contributed by atoms with Crippen LogP contribution in [0.15, 0.2) is 41.3 Å². The average molecular weight is 398 g/mol. The van der Waals surface area contributed by atoms with Gasteiger partial charge >= 0.3 is 0 Å². The summed E-state index contributed by atoms with van der Waals surface area (Å²) in [6.45, 7) is 3.26. The van der Waals surface area contributed by atoms with Crippen LogP contribution in [0.3, 0.4) is 0 Å². The fraction of sp³-hybridized carbons (Fsp3) is 0.250. The maximum Gasteiger partial charge on any atom is 0.241 e. The summed E-state index contributed by atoms with van der Waals surface area (Å²) in [6, 6.07) is 9.67. The van der Waals surface area contributed by atoms with Crippen LogP contribution in [0.1, 0.15) is 30.3 Å². The Bertz CT molecular complexity index is 901. The summed E-state index contributed by atoms with van der Waals surface area (Å²) in [5.41, 5.74) is 0.355. The Morgan fingerprint density at radius 2 is 1.84 bits per heavy atom. The summed E-state index contributed by atoms with van der Waals surface area (Å²) in [6.07, 6.45) is 0. The first-order valence-electron chi connectivity index (χ1n) is 7.31. The van der Waals surface area contributed by atoms with Crippen molar-refractivity contribution in [3.8, 4) is 6.07 Å². The summed E-state index contributed by atoms with van der Waals surface area (Å²) < 4.78 is 27.6. The second-order valence-electron chi connectivity index (χ2n) is 5.35. The van der Waals surface area contributed by atoms with E-state index in [9.17, 15) is 13.2 Å². The fourth-order valence-electron chi connectivity index (χ4n) is 2.03. The number of nitrogens with zero attached hydrogens (tertiary/aromatic N) is 1. The van der Waals surface area contributed by atoms with Crippen LogP contribution in [0.5, 0.6) is 0 Å². The first kappa shape index (κ1) is 19.4. The van der Waals surface area contributed by atoms with Gasteiger partial charge in [0.05, 0.1) is 32.9 Å². The molecule has 0 fully saturated rings. The van der Waals surface area contributed by atoms with E-state index >= 15 is 0 Å². The Hall–Kier alpha value is -1.92. The molecule has 0 bridgehead atoms. The maximum atomic E-state index is 12.3. The van der Waals surface area contributed by atoms with Gasteiger partial charge in [-0.05, 0) is 50.2 Å². The van der Waals surface area contributed by atoms with E-state index in [-0.39, 0.29) is 10.9 Å². The zero-order valence-corrected chi connectivity index (χ0v) is 15.9. The monoisotopic (exact) mass is 397 g/mol. The highest BCUT2D eigenvalue weighted by Gasteiger charge is 2.23. The lowest BCUT2D eigenvalue weighted by atomic mass is 10.2. The number of sulfonamides is 1. The summed E-state index contributed by atoms with van der Waals surface area (Å²) in [4.78, 5) is 13.1. The quantitative estimate of drug-likeness (QED) is 0.782. The molecular formula is C16H16ClN3O3S2. The van der Waals surface area contributed by atoms with E-state index in [1.165, 1.54) is 42.5 Å². The number of hydrogen-bond acceptors (Lipinski definition) is 5. The molecule has 0 radical (unpaired) electrons. The molecule has 0 saturated carbocycles. The van der Waals surface area contributed by atoms with E-state index in [0.717, 1.165) is 4.88 Å². The summed E-state index contributed by atoms with van der Waals surface area (Å²) in [7, 11) is -3.86. The van der Waals surface area contributed by atoms with Gasteiger partial charge in [0.1, 0.15) is 0 Å². The van der Waals surface area contributed by atoms with Crippen LogP contribution in [0.4, 0.5) is 0 Å². The van der Waals surface area contributed by atoms with Crippen molar-refractivity contribution in [2.75, 3.05) is 0 Å². The highest BCUT2D eigenvalue weighted by Crippen LogP contribution is 2.26. The van der Waals surface area contributed by atoms with Crippen molar-refractivity contribution in [1.82, 2.24) is 10.0 Å². The zero-order chi connectivity index (χ0) is 18.6. The maximum absolute atomic E-state index is 12.3. The van der Waals surface area contributed by atoms with Gasteiger partial charge in [-0.3, -0.25) is 4.79 Å². The summed E-state index contributed by atoms with van der Waals surface area (Å²) in [5, 5.41) is 11.5. The molecule has 2 aromatic rings. The number of carbonyl (C=O) groups is 1. The van der Waals surface area contributed by atoms with Crippen LogP contribution < -0.4 is 10.0 Å². The van der Waals surface area contributed by atoms with Crippen LogP contribution in [-0.2, 0) is 14.8 Å². The highest BCUT2D eigenvalue weighted by atomic mass is 35.5. The minimum absolute atomic E-state index is 0.00997. The number of hydrogen-bond donors (Lipinski definition) is 2. The SMILES string of the molecule is C[C@H](NC(=O)[C@@H](C)NS(=O)(=O)c1ccc(C#N)cc1)c1ccc(Cl)s1. The first-order chi connectivity index (χ1) is 11.7. The number of benzene rings is 1. The Kier molecular flexibility index (Phi) is 6.19. The summed E-state index contributed by atoms with van der Waals surface area (Å²) in [5.74, 6) is -0.450. The van der Waals surface area contributed by atoms with Gasteiger partial charge in [0, 0.05) is 4.88 Å². The van der Waals surface area contributed by atoms with E-state index in [1.54, 1.807) is 13.0 Å². The first-order valence-corrected chi connectivity index (χ1v) is 9.99. The van der Waals surface area contributed by atoms with Crippen molar-refractivity contribution in [3.05, 3.63) is 51.2 Å². The molecule has 9 heteroatoms. The van der Waals surface area contributed by atoms with Crippen LogP contribution in [0.2, 0.25) is 4.34 Å². The molecule has 0 spiro atoms. The number of amides is 1. The third-order valence-corrected chi connectivity index (χ3v) is 6.37. The standard InChI is InChI=1S/C16H16ClN3O3S2/c1-10(14-7-8-15(17)24-14)19-16(21)11(2)20-25(22,23)13-5-3-12(9-18)4-6-13/h3-8,10-11,20H,1-2H3,(H,19,21)/t10-,11+/m0/s1. The fourth-order valence-corrected chi connectivity index (χ4v) is 4.30. The second-order valence-corrected chi connectivity index (χ2v) is 8.81. The van der Waals surface area contributed by atoms with Crippen LogP contribution in [0.25, 0.3) is 0 Å². The van der Waals surface area contributed by atoms with Gasteiger partial charge < -0.3 is 5.32 Å². The van der Waals surface area contributed by atoms with Gasteiger partial charge in [0.25, 0.3) is 0 Å². The van der Waals surface area contributed by atoms with Gasteiger partial charge in [0.15, 0.2) is 0 Å². The lowest BCUT2D eigenvalue weighted by molar-refractivity contribution is -0.122. The topological polar surface area (TPSA) is 99.1 Å². The number of thiophene rings is 1. The van der Waals surface area contributed by atoms with Crippen molar-refractivity contribution in [1.29, 1.82) is 5.26 Å². The molecule has 2 N–H and O–H groups in total. The molecular weight excluding hydrogens is 382 g/mol. The van der Waals surface area contributed by atoms with Crippen molar-refractivity contribution in [2.45, 2.75) is 30.8 Å². The van der Waals surface area contributed by atoms with Gasteiger partial charge in [-0.25, -0.2) is 8.42 Å². The molecule has 0 aliphatic heterocycles. The van der Waals surface area contributed by atoms with Crippen LogP contribution in [-0.4, -0.2) is 20.4 Å². The number of nitrogens with one attached hydrogen (secondary N) is 2. The molecule has 1 amide bonds. The van der Waals surface area contributed by atoms with Crippen molar-refractivity contribution in [2.24, 2.45) is 0 Å². The largest absolute Gasteiger partial charge is 0.347 e. The lowest BCUT2D eigenvalue weighted by Crippen LogP contribution is -2.45. The van der Waals surface area contributed by atoms with Gasteiger partial charge in [-0.1, -0.05) is 11.6 Å². The van der Waals surface area contributed by atoms with E-state index in [1.807, 2.05) is 12.1 Å². The van der Waals surface area contributed by atoms with Gasteiger partial charge in [0.2, 0.25) is 15.9 Å². The van der Waals surface area contributed by atoms with Crippen molar-refractivity contribution >= 4 is 38.9 Å². The smallest absolute Gasteiger partial charge is 0.241 e. The van der Waals surface area contributed by atoms with Gasteiger partial charge in [-0.2, -0.15) is 9.98 Å². The minimum Gasteiger partial charge on any atom is -0.347 e. The van der Waals surface area contributed by atoms with Crippen molar-refractivity contribution in [3.63, 3.8) is 0 Å². The van der Waals surface area contributed by atoms with Crippen LogP contribution >= 0.6 is 22.9 Å². The average Bonchev–Trinajstić information content (AvgIpc) is 3.01. The van der Waals surface area contributed by atoms with E-state index < -0.39 is 22.0 Å². The zero-order valence-electron chi connectivity index (χ0n) is 13.5. The molecule has 132 valence electrons. The highest BCUT2D eigenvalue weighted by molar-refractivity contribution is 7.89. The Morgan fingerprint density at radius 1 is 1.20 bits per heavy atom.